The van der Waals surface area contributed by atoms with Crippen LogP contribution in [-0.4, -0.2) is 17.0 Å². The third-order valence-corrected chi connectivity index (χ3v) is 3.68. The Morgan fingerprint density at radius 2 is 1.81 bits per heavy atom. The predicted molar refractivity (Wildman–Crippen MR) is 83.5 cm³/mol. The number of nitrogens with one attached hydrogen (secondary N) is 1. The van der Waals surface area contributed by atoms with Crippen molar-refractivity contribution >= 4 is 27.8 Å². The van der Waals surface area contributed by atoms with E-state index in [-0.39, 0.29) is 11.5 Å². The zero-order valence-electron chi connectivity index (χ0n) is 11.4. The molecule has 0 aromatic heterocycles. The Morgan fingerprint density at radius 1 is 1.14 bits per heavy atom. The van der Waals surface area contributed by atoms with E-state index >= 15 is 0 Å². The molecule has 0 aliphatic heterocycles. The highest BCUT2D eigenvalue weighted by Crippen LogP contribution is 2.18. The van der Waals surface area contributed by atoms with E-state index in [4.69, 9.17) is 5.11 Å². The zero-order chi connectivity index (χ0) is 15.4. The van der Waals surface area contributed by atoms with Gasteiger partial charge in [0, 0.05) is 11.0 Å². The number of hydrogen-bond donors (Lipinski definition) is 2. The molecule has 0 heterocycles. The average molecular weight is 348 g/mol. The van der Waals surface area contributed by atoms with Crippen molar-refractivity contribution < 1.29 is 14.7 Å². The molecular weight excluding hydrogens is 334 g/mol. The van der Waals surface area contributed by atoms with E-state index in [1.807, 2.05) is 19.1 Å². The highest BCUT2D eigenvalue weighted by molar-refractivity contribution is 9.10. The number of carboxylic acids is 1. The molecule has 0 aliphatic carbocycles. The van der Waals surface area contributed by atoms with Crippen molar-refractivity contribution in [2.45, 2.75) is 13.5 Å². The van der Waals surface area contributed by atoms with E-state index in [1.165, 1.54) is 12.1 Å². The lowest BCUT2D eigenvalue weighted by Gasteiger charge is -2.08. The molecule has 0 spiro atoms. The molecular formula is C16H14BrNO3. The lowest BCUT2D eigenvalue weighted by Crippen LogP contribution is -2.23. The molecule has 0 saturated heterocycles. The monoisotopic (exact) mass is 347 g/mol. The SMILES string of the molecule is Cc1ccc(C(=O)NCc2ccc(C(=O)O)cc2)c(Br)c1. The summed E-state index contributed by atoms with van der Waals surface area (Å²) < 4.78 is 0.751. The van der Waals surface area contributed by atoms with Crippen LogP contribution in [0.25, 0.3) is 0 Å². The van der Waals surface area contributed by atoms with Crippen LogP contribution in [0.2, 0.25) is 0 Å². The van der Waals surface area contributed by atoms with E-state index in [9.17, 15) is 9.59 Å². The van der Waals surface area contributed by atoms with E-state index in [0.717, 1.165) is 15.6 Å². The lowest BCUT2D eigenvalue weighted by molar-refractivity contribution is 0.0696. The number of aryl methyl sites for hydroxylation is 1. The van der Waals surface area contributed by atoms with Gasteiger partial charge >= 0.3 is 5.97 Å². The van der Waals surface area contributed by atoms with Gasteiger partial charge in [0.25, 0.3) is 5.91 Å². The first-order chi connectivity index (χ1) is 9.97. The fraction of sp³-hybridized carbons (Fsp3) is 0.125. The van der Waals surface area contributed by atoms with E-state index in [0.29, 0.717) is 12.1 Å². The maximum Gasteiger partial charge on any atom is 0.335 e. The van der Waals surface area contributed by atoms with Crippen molar-refractivity contribution in [3.8, 4) is 0 Å². The number of hydrogen-bond acceptors (Lipinski definition) is 2. The topological polar surface area (TPSA) is 66.4 Å². The summed E-state index contributed by atoms with van der Waals surface area (Å²) in [7, 11) is 0. The van der Waals surface area contributed by atoms with Crippen LogP contribution in [0.15, 0.2) is 46.9 Å². The summed E-state index contributed by atoms with van der Waals surface area (Å²) in [5.74, 6) is -1.14. The zero-order valence-corrected chi connectivity index (χ0v) is 13.0. The molecule has 0 fully saturated rings. The smallest absolute Gasteiger partial charge is 0.335 e. The van der Waals surface area contributed by atoms with Gasteiger partial charge in [-0.15, -0.1) is 0 Å². The fourth-order valence-corrected chi connectivity index (χ4v) is 2.52. The maximum absolute atomic E-state index is 12.1. The van der Waals surface area contributed by atoms with Gasteiger partial charge < -0.3 is 10.4 Å². The normalized spacial score (nSPS) is 10.2. The highest BCUT2D eigenvalue weighted by Gasteiger charge is 2.09. The fourth-order valence-electron chi connectivity index (χ4n) is 1.85. The number of carbonyl (C=O) groups excluding carboxylic acids is 1. The van der Waals surface area contributed by atoms with Crippen LogP contribution in [0.3, 0.4) is 0 Å². The van der Waals surface area contributed by atoms with Gasteiger partial charge in [0.1, 0.15) is 0 Å². The Kier molecular flexibility index (Phi) is 4.75. The van der Waals surface area contributed by atoms with Crippen LogP contribution in [0, 0.1) is 6.92 Å². The molecule has 2 aromatic rings. The van der Waals surface area contributed by atoms with Crippen LogP contribution < -0.4 is 5.32 Å². The first-order valence-corrected chi connectivity index (χ1v) is 7.13. The Hall–Kier alpha value is -2.14. The van der Waals surface area contributed by atoms with Crippen molar-refractivity contribution in [1.82, 2.24) is 5.32 Å². The van der Waals surface area contributed by atoms with Crippen LogP contribution in [-0.2, 0) is 6.54 Å². The van der Waals surface area contributed by atoms with Gasteiger partial charge in [-0.1, -0.05) is 18.2 Å². The molecule has 0 aliphatic rings. The molecule has 2 aromatic carbocycles. The van der Waals surface area contributed by atoms with Crippen molar-refractivity contribution in [3.63, 3.8) is 0 Å². The van der Waals surface area contributed by atoms with Crippen molar-refractivity contribution in [2.75, 3.05) is 0 Å². The first-order valence-electron chi connectivity index (χ1n) is 6.34. The standard InChI is InChI=1S/C16H14BrNO3/c1-10-2-7-13(14(17)8-10)15(19)18-9-11-3-5-12(6-4-11)16(20)21/h2-8H,9H2,1H3,(H,18,19)(H,20,21). The predicted octanol–water partition coefficient (Wildman–Crippen LogP) is 3.39. The molecule has 4 nitrogen and oxygen atoms in total. The van der Waals surface area contributed by atoms with Crippen molar-refractivity contribution in [1.29, 1.82) is 0 Å². The molecule has 0 saturated carbocycles. The molecule has 2 rings (SSSR count). The minimum Gasteiger partial charge on any atom is -0.478 e. The van der Waals surface area contributed by atoms with E-state index < -0.39 is 5.97 Å². The minimum absolute atomic E-state index is 0.177. The van der Waals surface area contributed by atoms with Gasteiger partial charge in [-0.2, -0.15) is 0 Å². The number of carboxylic acid groups (broad SMARTS) is 1. The number of aromatic carboxylic acids is 1. The van der Waals surface area contributed by atoms with Gasteiger partial charge in [-0.25, -0.2) is 4.79 Å². The molecule has 0 bridgehead atoms. The van der Waals surface area contributed by atoms with Crippen molar-refractivity contribution in [2.24, 2.45) is 0 Å². The number of amides is 1. The quantitative estimate of drug-likeness (QED) is 0.890. The minimum atomic E-state index is -0.964. The summed E-state index contributed by atoms with van der Waals surface area (Å²) in [6.07, 6.45) is 0. The van der Waals surface area contributed by atoms with Crippen LogP contribution in [0.1, 0.15) is 31.8 Å². The number of rotatable bonds is 4. The Labute approximate surface area is 130 Å². The van der Waals surface area contributed by atoms with Crippen molar-refractivity contribution in [3.05, 3.63) is 69.2 Å². The van der Waals surface area contributed by atoms with E-state index in [1.54, 1.807) is 18.2 Å². The third kappa shape index (κ3) is 3.92. The molecule has 0 atom stereocenters. The van der Waals surface area contributed by atoms with Gasteiger partial charge in [0.05, 0.1) is 11.1 Å². The summed E-state index contributed by atoms with van der Waals surface area (Å²) in [4.78, 5) is 22.8. The third-order valence-electron chi connectivity index (χ3n) is 3.02. The van der Waals surface area contributed by atoms with Crippen LogP contribution in [0.5, 0.6) is 0 Å². The van der Waals surface area contributed by atoms with Gasteiger partial charge in [0.2, 0.25) is 0 Å². The molecule has 1 amide bonds. The summed E-state index contributed by atoms with van der Waals surface area (Å²) in [6, 6.07) is 11.9. The van der Waals surface area contributed by atoms with E-state index in [2.05, 4.69) is 21.2 Å². The molecule has 2 N–H and O–H groups in total. The summed E-state index contributed by atoms with van der Waals surface area (Å²) in [6.45, 7) is 2.30. The average Bonchev–Trinajstić information content (AvgIpc) is 2.45. The maximum atomic E-state index is 12.1. The number of carbonyl (C=O) groups is 2. The summed E-state index contributed by atoms with van der Waals surface area (Å²) >= 11 is 3.37. The lowest BCUT2D eigenvalue weighted by atomic mass is 10.1. The Balaban J connectivity index is 2.02. The second-order valence-electron chi connectivity index (χ2n) is 4.67. The number of halogens is 1. The largest absolute Gasteiger partial charge is 0.478 e. The summed E-state index contributed by atoms with van der Waals surface area (Å²) in [5.41, 5.74) is 2.72. The first kappa shape index (κ1) is 15.3. The Bertz CT molecular complexity index is 680. The van der Waals surface area contributed by atoms with Crippen LogP contribution >= 0.6 is 15.9 Å². The van der Waals surface area contributed by atoms with Gasteiger partial charge in [0.15, 0.2) is 0 Å². The van der Waals surface area contributed by atoms with Gasteiger partial charge in [-0.05, 0) is 58.2 Å². The molecule has 0 unspecified atom stereocenters. The Morgan fingerprint density at radius 3 is 2.38 bits per heavy atom. The highest BCUT2D eigenvalue weighted by atomic mass is 79.9. The van der Waals surface area contributed by atoms with Crippen LogP contribution in [0.4, 0.5) is 0 Å². The second-order valence-corrected chi connectivity index (χ2v) is 5.52. The number of benzene rings is 2. The molecule has 0 radical (unpaired) electrons. The second kappa shape index (κ2) is 6.54. The van der Waals surface area contributed by atoms with Gasteiger partial charge in [-0.3, -0.25) is 4.79 Å². The molecule has 5 heteroatoms. The summed E-state index contributed by atoms with van der Waals surface area (Å²) in [5, 5.41) is 11.6. The molecule has 21 heavy (non-hydrogen) atoms. The molecule has 108 valence electrons.